The lowest BCUT2D eigenvalue weighted by molar-refractivity contribution is -1.09. The number of quaternary nitrogens is 1. The number of benzene rings is 1. The van der Waals surface area contributed by atoms with Crippen molar-refractivity contribution in [2.45, 2.75) is 43.9 Å². The van der Waals surface area contributed by atoms with Gasteiger partial charge in [-0.25, -0.2) is 0 Å². The van der Waals surface area contributed by atoms with E-state index in [0.717, 1.165) is 18.4 Å². The summed E-state index contributed by atoms with van der Waals surface area (Å²) in [7, 11) is -3.93. The van der Waals surface area contributed by atoms with E-state index in [0.29, 0.717) is 17.7 Å². The predicted octanol–water partition coefficient (Wildman–Crippen LogP) is 2.32. The van der Waals surface area contributed by atoms with Crippen LogP contribution in [0.2, 0.25) is 0 Å². The fraction of sp³-hybridized carbons (Fsp3) is 0.571. The van der Waals surface area contributed by atoms with E-state index in [1.807, 2.05) is 19.1 Å². The maximum Gasteiger partial charge on any atom is 0.345 e. The lowest BCUT2D eigenvalue weighted by Crippen LogP contribution is -2.60. The van der Waals surface area contributed by atoms with Crippen molar-refractivity contribution in [2.75, 3.05) is 13.1 Å². The van der Waals surface area contributed by atoms with Crippen LogP contribution in [0.25, 0.3) is 0 Å². The second kappa shape index (κ2) is 5.85. The summed E-state index contributed by atoms with van der Waals surface area (Å²) in [6.45, 7) is 6.17. The Morgan fingerprint density at radius 2 is 1.86 bits per heavy atom. The number of alkyl halides is 1. The van der Waals surface area contributed by atoms with Gasteiger partial charge in [0.25, 0.3) is 0 Å². The van der Waals surface area contributed by atoms with Gasteiger partial charge in [0.2, 0.25) is 0 Å². The van der Waals surface area contributed by atoms with Crippen LogP contribution in [0.5, 0.6) is 0 Å². The average molecular weight is 334 g/mol. The Kier molecular flexibility index (Phi) is 4.66. The summed E-state index contributed by atoms with van der Waals surface area (Å²) in [5.74, 6) is 6.05. The topological polar surface area (TPSA) is 69.4 Å². The third-order valence-corrected chi connectivity index (χ3v) is 5.66. The van der Waals surface area contributed by atoms with E-state index < -0.39 is 14.9 Å². The van der Waals surface area contributed by atoms with Gasteiger partial charge in [0.05, 0.1) is 5.38 Å². The Labute approximate surface area is 131 Å². The highest BCUT2D eigenvalue weighted by molar-refractivity contribution is 7.86. The SMILES string of the molecule is Cc1cc(C)c(S(=O)(=O)O[N+]2(N)CCCC(Cl)C2)c(C)c1. The molecule has 0 bridgehead atoms. The molecule has 1 aromatic rings. The van der Waals surface area contributed by atoms with Crippen LogP contribution in [0.15, 0.2) is 17.0 Å². The largest absolute Gasteiger partial charge is 0.345 e. The van der Waals surface area contributed by atoms with Crippen LogP contribution in [-0.2, 0) is 14.4 Å². The Morgan fingerprint density at radius 1 is 1.29 bits per heavy atom. The van der Waals surface area contributed by atoms with Gasteiger partial charge in [-0.05, 0) is 42.6 Å². The van der Waals surface area contributed by atoms with Crippen molar-refractivity contribution in [3.8, 4) is 0 Å². The van der Waals surface area contributed by atoms with Gasteiger partial charge in [0.15, 0.2) is 0 Å². The zero-order chi connectivity index (χ0) is 15.8. The zero-order valence-electron chi connectivity index (χ0n) is 12.6. The minimum atomic E-state index is -3.93. The van der Waals surface area contributed by atoms with Gasteiger partial charge in [-0.2, -0.15) is 8.42 Å². The molecule has 0 aromatic heterocycles. The lowest BCUT2D eigenvalue weighted by Gasteiger charge is -2.33. The van der Waals surface area contributed by atoms with Crippen LogP contribution in [-0.4, -0.2) is 31.6 Å². The van der Waals surface area contributed by atoms with Crippen molar-refractivity contribution < 1.29 is 17.5 Å². The van der Waals surface area contributed by atoms with Gasteiger partial charge in [0, 0.05) is 6.42 Å². The number of hydrogen-bond acceptors (Lipinski definition) is 4. The standard InChI is InChI=1S/C14H22ClN2O3S/c1-10-7-11(2)14(12(3)8-10)21(18,19)20-17(16)6-4-5-13(15)9-17/h7-8,13H,4-6,9,16H2,1-3H3/q+1. The molecule has 2 rings (SSSR count). The number of hydrogen-bond donors (Lipinski definition) is 1. The second-order valence-electron chi connectivity index (χ2n) is 5.85. The fourth-order valence-corrected chi connectivity index (χ4v) is 4.86. The van der Waals surface area contributed by atoms with Crippen molar-refractivity contribution in [2.24, 2.45) is 5.84 Å². The van der Waals surface area contributed by atoms with Crippen LogP contribution in [0.4, 0.5) is 0 Å². The summed E-state index contributed by atoms with van der Waals surface area (Å²) < 4.78 is 30.1. The number of rotatable bonds is 3. The molecule has 21 heavy (non-hydrogen) atoms. The van der Waals surface area contributed by atoms with E-state index in [4.69, 9.17) is 21.7 Å². The Bertz CT molecular complexity index is 625. The molecule has 1 heterocycles. The summed E-state index contributed by atoms with van der Waals surface area (Å²) in [5, 5.41) is -0.167. The quantitative estimate of drug-likeness (QED) is 0.523. The van der Waals surface area contributed by atoms with Crippen molar-refractivity contribution in [3.63, 3.8) is 0 Å². The van der Waals surface area contributed by atoms with Crippen LogP contribution in [0.1, 0.15) is 29.5 Å². The molecule has 1 aromatic carbocycles. The maximum absolute atomic E-state index is 12.6. The third-order valence-electron chi connectivity index (χ3n) is 3.66. The Morgan fingerprint density at radius 3 is 2.38 bits per heavy atom. The average Bonchev–Trinajstić information content (AvgIpc) is 2.23. The summed E-state index contributed by atoms with van der Waals surface area (Å²) in [6, 6.07) is 3.65. The van der Waals surface area contributed by atoms with E-state index in [2.05, 4.69) is 0 Å². The molecule has 1 saturated heterocycles. The summed E-state index contributed by atoms with van der Waals surface area (Å²) in [4.78, 5) is 0.202. The molecule has 7 heteroatoms. The summed E-state index contributed by atoms with van der Waals surface area (Å²) >= 11 is 6.09. The maximum atomic E-state index is 12.6. The van der Waals surface area contributed by atoms with Crippen molar-refractivity contribution >= 4 is 21.7 Å². The first kappa shape index (κ1) is 16.7. The van der Waals surface area contributed by atoms with Gasteiger partial charge in [-0.15, -0.1) is 17.4 Å². The van der Waals surface area contributed by atoms with Gasteiger partial charge in [0.1, 0.15) is 18.0 Å². The van der Waals surface area contributed by atoms with Crippen molar-refractivity contribution in [1.29, 1.82) is 0 Å². The normalized spacial score (nSPS) is 26.8. The highest BCUT2D eigenvalue weighted by Crippen LogP contribution is 2.28. The molecule has 0 amide bonds. The number of piperidine rings is 1. The fourth-order valence-electron chi connectivity index (χ4n) is 2.96. The molecule has 1 fully saturated rings. The molecule has 118 valence electrons. The highest BCUT2D eigenvalue weighted by Gasteiger charge is 2.40. The Hall–Kier alpha value is -0.660. The van der Waals surface area contributed by atoms with Crippen molar-refractivity contribution in [3.05, 3.63) is 28.8 Å². The second-order valence-corrected chi connectivity index (χ2v) is 7.94. The molecule has 0 saturated carbocycles. The minimum Gasteiger partial charge on any atom is -0.189 e. The van der Waals surface area contributed by atoms with Crippen LogP contribution < -0.4 is 5.84 Å². The molecule has 0 spiro atoms. The molecular formula is C14H22ClN2O3S+. The number of nitrogens with two attached hydrogens (primary N) is 1. The molecule has 5 nitrogen and oxygen atoms in total. The minimum absolute atomic E-state index is 0.167. The molecular weight excluding hydrogens is 312 g/mol. The molecule has 1 aliphatic rings. The summed E-state index contributed by atoms with van der Waals surface area (Å²) in [6.07, 6.45) is 1.57. The molecule has 2 N–H and O–H groups in total. The first-order valence-electron chi connectivity index (χ1n) is 6.97. The van der Waals surface area contributed by atoms with Gasteiger partial charge >= 0.3 is 10.1 Å². The van der Waals surface area contributed by atoms with Crippen molar-refractivity contribution in [1.82, 2.24) is 0 Å². The van der Waals surface area contributed by atoms with E-state index in [1.54, 1.807) is 13.8 Å². The molecule has 1 aliphatic heterocycles. The van der Waals surface area contributed by atoms with Gasteiger partial charge < -0.3 is 0 Å². The lowest BCUT2D eigenvalue weighted by atomic mass is 10.1. The van der Waals surface area contributed by atoms with Crippen LogP contribution >= 0.6 is 11.6 Å². The number of nitrogens with zero attached hydrogens (tertiary/aromatic N) is 1. The smallest absolute Gasteiger partial charge is 0.189 e. The first-order valence-corrected chi connectivity index (χ1v) is 8.81. The van der Waals surface area contributed by atoms with E-state index >= 15 is 0 Å². The van der Waals surface area contributed by atoms with E-state index in [1.165, 1.54) is 0 Å². The highest BCUT2D eigenvalue weighted by atomic mass is 35.5. The van der Waals surface area contributed by atoms with E-state index in [-0.39, 0.29) is 16.8 Å². The van der Waals surface area contributed by atoms with Gasteiger partial charge in [-0.1, -0.05) is 22.5 Å². The van der Waals surface area contributed by atoms with Crippen LogP contribution in [0.3, 0.4) is 0 Å². The molecule has 0 radical (unpaired) electrons. The van der Waals surface area contributed by atoms with E-state index in [9.17, 15) is 8.42 Å². The third kappa shape index (κ3) is 3.76. The number of hydroxylamine groups is 2. The number of aryl methyl sites for hydroxylation is 3. The molecule has 0 aliphatic carbocycles. The first-order chi connectivity index (χ1) is 9.63. The van der Waals surface area contributed by atoms with Gasteiger partial charge in [-0.3, -0.25) is 0 Å². The molecule has 2 unspecified atom stereocenters. The molecule has 2 atom stereocenters. The monoisotopic (exact) mass is 333 g/mol. The number of halogens is 1. The van der Waals surface area contributed by atoms with Crippen LogP contribution in [0, 0.1) is 20.8 Å². The zero-order valence-corrected chi connectivity index (χ0v) is 14.2. The Balaban J connectivity index is 2.35. The summed E-state index contributed by atoms with van der Waals surface area (Å²) in [5.41, 5.74) is 2.34. The predicted molar refractivity (Wildman–Crippen MR) is 82.0 cm³/mol.